The van der Waals surface area contributed by atoms with Crippen LogP contribution in [0.15, 0.2) is 34.9 Å². The zero-order chi connectivity index (χ0) is 13.9. The summed E-state index contributed by atoms with van der Waals surface area (Å²) in [5, 5.41) is 0.545. The molecule has 0 saturated carbocycles. The Labute approximate surface area is 129 Å². The van der Waals surface area contributed by atoms with Gasteiger partial charge in [0.1, 0.15) is 24.4 Å². The van der Waals surface area contributed by atoms with Gasteiger partial charge in [-0.3, -0.25) is 0 Å². The topological polar surface area (TPSA) is 40.6 Å². The van der Waals surface area contributed by atoms with E-state index in [1.807, 2.05) is 18.2 Å². The van der Waals surface area contributed by atoms with Gasteiger partial charge in [-0.2, -0.15) is 0 Å². The van der Waals surface area contributed by atoms with E-state index in [-0.39, 0.29) is 0 Å². The molecule has 1 aliphatic heterocycles. The number of fused-ring (bicyclic) bond motifs is 1. The van der Waals surface area contributed by atoms with Crippen LogP contribution < -0.4 is 14.2 Å². The van der Waals surface area contributed by atoms with Crippen LogP contribution in [0.2, 0.25) is 5.02 Å². The molecular weight excluding hydrogens is 346 g/mol. The molecule has 0 spiro atoms. The van der Waals surface area contributed by atoms with Crippen molar-refractivity contribution in [3.8, 4) is 17.4 Å². The lowest BCUT2D eigenvalue weighted by Gasteiger charge is -2.22. The second-order valence-electron chi connectivity index (χ2n) is 4.15. The van der Waals surface area contributed by atoms with Crippen molar-refractivity contribution in [2.45, 2.75) is 6.61 Å². The first-order chi connectivity index (χ1) is 9.74. The Morgan fingerprint density at radius 1 is 1.15 bits per heavy atom. The summed E-state index contributed by atoms with van der Waals surface area (Å²) in [6.45, 7) is 1.35. The molecular formula is C14H11BrClNO3. The molecule has 0 fully saturated rings. The summed E-state index contributed by atoms with van der Waals surface area (Å²) >= 11 is 9.39. The molecule has 2 aromatic rings. The predicted octanol–water partition coefficient (Wildman–Crippen LogP) is 3.85. The van der Waals surface area contributed by atoms with Gasteiger partial charge in [0.05, 0.1) is 5.02 Å². The Hall–Kier alpha value is -1.46. The third kappa shape index (κ3) is 2.83. The SMILES string of the molecule is Clc1ccc(COc2cccc(Br)n2)c2c1OCCO2. The number of halogens is 2. The molecule has 1 aliphatic rings. The van der Waals surface area contributed by atoms with E-state index in [1.54, 1.807) is 12.1 Å². The van der Waals surface area contributed by atoms with Crippen LogP contribution in [0.3, 0.4) is 0 Å². The number of nitrogens with zero attached hydrogens (tertiary/aromatic N) is 1. The minimum atomic E-state index is 0.340. The molecule has 0 atom stereocenters. The van der Waals surface area contributed by atoms with E-state index >= 15 is 0 Å². The summed E-state index contributed by atoms with van der Waals surface area (Å²) in [7, 11) is 0. The highest BCUT2D eigenvalue weighted by Crippen LogP contribution is 2.40. The van der Waals surface area contributed by atoms with E-state index in [0.29, 0.717) is 42.2 Å². The van der Waals surface area contributed by atoms with Crippen molar-refractivity contribution >= 4 is 27.5 Å². The minimum absolute atomic E-state index is 0.340. The number of rotatable bonds is 3. The van der Waals surface area contributed by atoms with Crippen molar-refractivity contribution < 1.29 is 14.2 Å². The fraction of sp³-hybridized carbons (Fsp3) is 0.214. The van der Waals surface area contributed by atoms with Gasteiger partial charge in [0.2, 0.25) is 5.88 Å². The van der Waals surface area contributed by atoms with E-state index in [0.717, 1.165) is 10.2 Å². The van der Waals surface area contributed by atoms with E-state index in [2.05, 4.69) is 20.9 Å². The second kappa shape index (κ2) is 5.89. The van der Waals surface area contributed by atoms with Crippen LogP contribution in [0, 0.1) is 0 Å². The maximum Gasteiger partial charge on any atom is 0.214 e. The van der Waals surface area contributed by atoms with Crippen LogP contribution in [0.25, 0.3) is 0 Å². The lowest BCUT2D eigenvalue weighted by molar-refractivity contribution is 0.166. The molecule has 0 amide bonds. The summed E-state index contributed by atoms with van der Waals surface area (Å²) in [5.41, 5.74) is 0.880. The van der Waals surface area contributed by atoms with Crippen molar-refractivity contribution in [2.75, 3.05) is 13.2 Å². The first-order valence-corrected chi connectivity index (χ1v) is 7.23. The molecule has 4 nitrogen and oxygen atoms in total. The lowest BCUT2D eigenvalue weighted by atomic mass is 10.2. The van der Waals surface area contributed by atoms with Crippen molar-refractivity contribution in [2.24, 2.45) is 0 Å². The van der Waals surface area contributed by atoms with Gasteiger partial charge in [0, 0.05) is 11.6 Å². The molecule has 0 N–H and O–H groups in total. The Bertz CT molecular complexity index is 636. The van der Waals surface area contributed by atoms with Crippen LogP contribution in [-0.4, -0.2) is 18.2 Å². The highest BCUT2D eigenvalue weighted by atomic mass is 79.9. The van der Waals surface area contributed by atoms with Crippen molar-refractivity contribution in [3.05, 3.63) is 45.5 Å². The zero-order valence-corrected chi connectivity index (χ0v) is 12.8. The van der Waals surface area contributed by atoms with Crippen LogP contribution in [-0.2, 0) is 6.61 Å². The lowest BCUT2D eigenvalue weighted by Crippen LogP contribution is -2.17. The smallest absolute Gasteiger partial charge is 0.214 e. The molecule has 1 aromatic carbocycles. The van der Waals surface area contributed by atoms with Crippen molar-refractivity contribution in [1.29, 1.82) is 0 Å². The highest BCUT2D eigenvalue weighted by molar-refractivity contribution is 9.10. The number of ether oxygens (including phenoxy) is 3. The quantitative estimate of drug-likeness (QED) is 0.783. The van der Waals surface area contributed by atoms with E-state index in [4.69, 9.17) is 25.8 Å². The van der Waals surface area contributed by atoms with Gasteiger partial charge in [-0.15, -0.1) is 0 Å². The first kappa shape index (κ1) is 13.5. The van der Waals surface area contributed by atoms with Gasteiger partial charge in [0.25, 0.3) is 0 Å². The van der Waals surface area contributed by atoms with Gasteiger partial charge in [-0.05, 0) is 28.1 Å². The number of pyridine rings is 1. The number of aromatic nitrogens is 1. The normalized spacial score (nSPS) is 13.1. The molecule has 0 bridgehead atoms. The van der Waals surface area contributed by atoms with Gasteiger partial charge in [-0.1, -0.05) is 23.7 Å². The van der Waals surface area contributed by atoms with E-state index in [1.165, 1.54) is 0 Å². The maximum atomic E-state index is 6.09. The van der Waals surface area contributed by atoms with Gasteiger partial charge in [0.15, 0.2) is 11.5 Å². The average Bonchev–Trinajstić information content (AvgIpc) is 2.47. The zero-order valence-electron chi connectivity index (χ0n) is 10.4. The number of hydrogen-bond donors (Lipinski definition) is 0. The third-order valence-corrected chi connectivity index (χ3v) is 3.53. The van der Waals surface area contributed by atoms with Gasteiger partial charge < -0.3 is 14.2 Å². The molecule has 0 radical (unpaired) electrons. The Kier molecular flexibility index (Phi) is 3.98. The third-order valence-electron chi connectivity index (χ3n) is 2.79. The fourth-order valence-corrected chi connectivity index (χ4v) is 2.43. The summed E-state index contributed by atoms with van der Waals surface area (Å²) in [4.78, 5) is 4.21. The number of hydrogen-bond acceptors (Lipinski definition) is 4. The number of benzene rings is 1. The summed E-state index contributed by atoms with van der Waals surface area (Å²) in [6.07, 6.45) is 0. The highest BCUT2D eigenvalue weighted by Gasteiger charge is 2.19. The monoisotopic (exact) mass is 355 g/mol. The molecule has 6 heteroatoms. The van der Waals surface area contributed by atoms with Gasteiger partial charge >= 0.3 is 0 Å². The molecule has 1 aromatic heterocycles. The van der Waals surface area contributed by atoms with Crippen LogP contribution in [0.1, 0.15) is 5.56 Å². The summed E-state index contributed by atoms with van der Waals surface area (Å²) < 4.78 is 17.5. The van der Waals surface area contributed by atoms with E-state index in [9.17, 15) is 0 Å². The Morgan fingerprint density at radius 2 is 1.95 bits per heavy atom. The molecule has 104 valence electrons. The first-order valence-electron chi connectivity index (χ1n) is 6.06. The van der Waals surface area contributed by atoms with Crippen molar-refractivity contribution in [3.63, 3.8) is 0 Å². The minimum Gasteiger partial charge on any atom is -0.486 e. The van der Waals surface area contributed by atoms with E-state index < -0.39 is 0 Å². The fourth-order valence-electron chi connectivity index (χ4n) is 1.89. The van der Waals surface area contributed by atoms with Gasteiger partial charge in [-0.25, -0.2) is 4.98 Å². The van der Waals surface area contributed by atoms with Crippen LogP contribution >= 0.6 is 27.5 Å². The maximum absolute atomic E-state index is 6.09. The molecule has 3 rings (SSSR count). The second-order valence-corrected chi connectivity index (χ2v) is 5.37. The van der Waals surface area contributed by atoms with Crippen LogP contribution in [0.4, 0.5) is 0 Å². The summed E-state index contributed by atoms with van der Waals surface area (Å²) in [5.74, 6) is 1.78. The standard InChI is InChI=1S/C14H11BrClNO3/c15-11-2-1-3-12(17-11)20-8-9-4-5-10(16)14-13(9)18-6-7-19-14/h1-5H,6-8H2. The van der Waals surface area contributed by atoms with Crippen LogP contribution in [0.5, 0.6) is 17.4 Å². The van der Waals surface area contributed by atoms with Crippen molar-refractivity contribution in [1.82, 2.24) is 4.98 Å². The average molecular weight is 357 g/mol. The predicted molar refractivity (Wildman–Crippen MR) is 78.7 cm³/mol. The largest absolute Gasteiger partial charge is 0.486 e. The summed E-state index contributed by atoms with van der Waals surface area (Å²) in [6, 6.07) is 9.15. The molecule has 0 aliphatic carbocycles. The molecule has 20 heavy (non-hydrogen) atoms. The molecule has 2 heterocycles. The molecule has 0 unspecified atom stereocenters. The Balaban J connectivity index is 1.81. The molecule has 0 saturated heterocycles. The Morgan fingerprint density at radius 3 is 2.75 bits per heavy atom.